The number of rotatable bonds is 4. The Morgan fingerprint density at radius 2 is 2.60 bits per heavy atom. The van der Waals surface area contributed by atoms with E-state index in [1.807, 2.05) is 10.8 Å². The third kappa shape index (κ3) is 2.19. The van der Waals surface area contributed by atoms with E-state index >= 15 is 0 Å². The first kappa shape index (κ1) is 7.28. The van der Waals surface area contributed by atoms with Crippen LogP contribution in [-0.2, 0) is 11.3 Å². The molecule has 10 heavy (non-hydrogen) atoms. The first-order chi connectivity index (χ1) is 4.93. The highest BCUT2D eigenvalue weighted by atomic mass is 16.5. The number of ether oxygens (including phenoxy) is 1. The molecule has 0 saturated heterocycles. The highest BCUT2D eigenvalue weighted by Crippen LogP contribution is 1.88. The molecule has 1 heterocycles. The standard InChI is InChI=1S/C7H11N2O/c1-10-6-2-4-9-5-3-8-7-9/h3,5H,2,4,6H2,1H3. The van der Waals surface area contributed by atoms with Crippen molar-refractivity contribution in [1.82, 2.24) is 9.55 Å². The van der Waals surface area contributed by atoms with Gasteiger partial charge in [0.2, 0.25) is 0 Å². The third-order valence-electron chi connectivity index (χ3n) is 1.25. The first-order valence-corrected chi connectivity index (χ1v) is 3.31. The second kappa shape index (κ2) is 4.06. The van der Waals surface area contributed by atoms with Gasteiger partial charge in [-0.25, -0.2) is 4.98 Å². The predicted molar refractivity (Wildman–Crippen MR) is 37.6 cm³/mol. The lowest BCUT2D eigenvalue weighted by molar-refractivity contribution is 0.190. The Morgan fingerprint density at radius 3 is 3.20 bits per heavy atom. The molecule has 0 aliphatic rings. The molecule has 0 aromatic carbocycles. The zero-order valence-corrected chi connectivity index (χ0v) is 6.08. The van der Waals surface area contributed by atoms with Crippen molar-refractivity contribution in [2.75, 3.05) is 13.7 Å². The van der Waals surface area contributed by atoms with Crippen LogP contribution in [0, 0.1) is 6.33 Å². The molecule has 1 aromatic rings. The normalized spacial score (nSPS) is 10.1. The summed E-state index contributed by atoms with van der Waals surface area (Å²) in [4.78, 5) is 3.80. The molecular formula is C7H11N2O. The minimum atomic E-state index is 0.798. The SMILES string of the molecule is COCCCn1[c]ncc1. The van der Waals surface area contributed by atoms with Crippen LogP contribution >= 0.6 is 0 Å². The molecule has 0 aliphatic carbocycles. The maximum atomic E-state index is 4.89. The van der Waals surface area contributed by atoms with Crippen molar-refractivity contribution in [3.8, 4) is 0 Å². The lowest BCUT2D eigenvalue weighted by Gasteiger charge is -1.98. The Kier molecular flexibility index (Phi) is 2.96. The molecule has 0 amide bonds. The van der Waals surface area contributed by atoms with Crippen molar-refractivity contribution >= 4 is 0 Å². The van der Waals surface area contributed by atoms with Gasteiger partial charge >= 0.3 is 0 Å². The minimum Gasteiger partial charge on any atom is -0.385 e. The molecule has 0 atom stereocenters. The molecule has 1 rings (SSSR count). The van der Waals surface area contributed by atoms with Gasteiger partial charge in [-0.15, -0.1) is 0 Å². The van der Waals surface area contributed by atoms with E-state index in [4.69, 9.17) is 4.74 Å². The Morgan fingerprint density at radius 1 is 1.70 bits per heavy atom. The smallest absolute Gasteiger partial charge is 0.176 e. The van der Waals surface area contributed by atoms with Crippen molar-refractivity contribution in [2.45, 2.75) is 13.0 Å². The van der Waals surface area contributed by atoms with Crippen LogP contribution in [0.5, 0.6) is 0 Å². The van der Waals surface area contributed by atoms with Gasteiger partial charge in [-0.1, -0.05) is 0 Å². The summed E-state index contributed by atoms with van der Waals surface area (Å²) in [6.07, 6.45) is 7.45. The fourth-order valence-electron chi connectivity index (χ4n) is 0.758. The Hall–Kier alpha value is -0.830. The van der Waals surface area contributed by atoms with E-state index in [0.29, 0.717) is 0 Å². The van der Waals surface area contributed by atoms with Crippen LogP contribution in [0.25, 0.3) is 0 Å². The lowest BCUT2D eigenvalue weighted by Crippen LogP contribution is -1.98. The largest absolute Gasteiger partial charge is 0.385 e. The highest BCUT2D eigenvalue weighted by molar-refractivity contribution is 4.71. The molecule has 0 fully saturated rings. The van der Waals surface area contributed by atoms with Crippen LogP contribution in [-0.4, -0.2) is 23.3 Å². The van der Waals surface area contributed by atoms with E-state index in [9.17, 15) is 0 Å². The van der Waals surface area contributed by atoms with E-state index in [1.165, 1.54) is 0 Å². The second-order valence-corrected chi connectivity index (χ2v) is 2.07. The Balaban J connectivity index is 2.15. The van der Waals surface area contributed by atoms with E-state index in [2.05, 4.69) is 11.3 Å². The first-order valence-electron chi connectivity index (χ1n) is 3.31. The molecular weight excluding hydrogens is 128 g/mol. The van der Waals surface area contributed by atoms with E-state index in [1.54, 1.807) is 13.3 Å². The molecule has 3 heteroatoms. The van der Waals surface area contributed by atoms with Crippen molar-refractivity contribution in [1.29, 1.82) is 0 Å². The number of methoxy groups -OCH3 is 1. The molecule has 0 aliphatic heterocycles. The van der Waals surface area contributed by atoms with Gasteiger partial charge in [-0.05, 0) is 6.42 Å². The van der Waals surface area contributed by atoms with Crippen molar-refractivity contribution in [3.63, 3.8) is 0 Å². The Labute approximate surface area is 60.6 Å². The van der Waals surface area contributed by atoms with Gasteiger partial charge in [0.15, 0.2) is 6.33 Å². The number of hydrogen-bond acceptors (Lipinski definition) is 2. The van der Waals surface area contributed by atoms with Gasteiger partial charge < -0.3 is 9.30 Å². The molecule has 1 radical (unpaired) electrons. The van der Waals surface area contributed by atoms with Crippen LogP contribution in [0.2, 0.25) is 0 Å². The summed E-state index contributed by atoms with van der Waals surface area (Å²) in [6, 6.07) is 0. The van der Waals surface area contributed by atoms with Crippen LogP contribution in [0.3, 0.4) is 0 Å². The summed E-state index contributed by atoms with van der Waals surface area (Å²) in [7, 11) is 1.71. The number of hydrogen-bond donors (Lipinski definition) is 0. The summed E-state index contributed by atoms with van der Waals surface area (Å²) in [6.45, 7) is 1.74. The number of imidazole rings is 1. The molecule has 55 valence electrons. The van der Waals surface area contributed by atoms with E-state index in [0.717, 1.165) is 19.6 Å². The number of aryl methyl sites for hydroxylation is 1. The molecule has 0 bridgehead atoms. The molecule has 0 spiro atoms. The quantitative estimate of drug-likeness (QED) is 0.575. The molecule has 3 nitrogen and oxygen atoms in total. The van der Waals surface area contributed by atoms with Crippen molar-refractivity contribution in [2.24, 2.45) is 0 Å². The third-order valence-corrected chi connectivity index (χ3v) is 1.25. The second-order valence-electron chi connectivity index (χ2n) is 2.07. The summed E-state index contributed by atoms with van der Waals surface area (Å²) < 4.78 is 6.81. The van der Waals surface area contributed by atoms with Gasteiger partial charge in [-0.3, -0.25) is 0 Å². The van der Waals surface area contributed by atoms with Crippen LogP contribution in [0.1, 0.15) is 6.42 Å². The fourth-order valence-corrected chi connectivity index (χ4v) is 0.758. The Bertz CT molecular complexity index is 160. The number of nitrogens with zero attached hydrogens (tertiary/aromatic N) is 2. The maximum absolute atomic E-state index is 4.89. The van der Waals surface area contributed by atoms with Crippen LogP contribution < -0.4 is 0 Å². The van der Waals surface area contributed by atoms with Gasteiger partial charge in [0.25, 0.3) is 0 Å². The zero-order chi connectivity index (χ0) is 7.23. The highest BCUT2D eigenvalue weighted by Gasteiger charge is 1.88. The summed E-state index contributed by atoms with van der Waals surface area (Å²) in [5, 5.41) is 0. The summed E-state index contributed by atoms with van der Waals surface area (Å²) >= 11 is 0. The van der Waals surface area contributed by atoms with Gasteiger partial charge in [0, 0.05) is 32.7 Å². The maximum Gasteiger partial charge on any atom is 0.176 e. The van der Waals surface area contributed by atoms with Gasteiger partial charge in [0.05, 0.1) is 0 Å². The topological polar surface area (TPSA) is 27.1 Å². The van der Waals surface area contributed by atoms with Crippen LogP contribution in [0.4, 0.5) is 0 Å². The monoisotopic (exact) mass is 139 g/mol. The lowest BCUT2D eigenvalue weighted by atomic mass is 10.4. The molecule has 0 N–H and O–H groups in total. The summed E-state index contributed by atoms with van der Waals surface area (Å²) in [5.41, 5.74) is 0. The van der Waals surface area contributed by atoms with Gasteiger partial charge in [0.1, 0.15) is 0 Å². The number of aromatic nitrogens is 2. The predicted octanol–water partition coefficient (Wildman–Crippen LogP) is 0.720. The summed E-state index contributed by atoms with van der Waals surface area (Å²) in [5.74, 6) is 0. The average Bonchev–Trinajstić information content (AvgIpc) is 2.41. The van der Waals surface area contributed by atoms with Crippen molar-refractivity contribution < 1.29 is 4.74 Å². The van der Waals surface area contributed by atoms with Crippen LogP contribution in [0.15, 0.2) is 12.4 Å². The zero-order valence-electron chi connectivity index (χ0n) is 6.08. The molecule has 0 unspecified atom stereocenters. The van der Waals surface area contributed by atoms with E-state index in [-0.39, 0.29) is 0 Å². The molecule has 0 saturated carbocycles. The molecule has 1 aromatic heterocycles. The average molecular weight is 139 g/mol. The minimum absolute atomic E-state index is 0.798. The van der Waals surface area contributed by atoms with Gasteiger partial charge in [-0.2, -0.15) is 0 Å². The van der Waals surface area contributed by atoms with E-state index < -0.39 is 0 Å². The van der Waals surface area contributed by atoms with Crippen molar-refractivity contribution in [3.05, 3.63) is 18.7 Å². The fraction of sp³-hybridized carbons (Fsp3) is 0.571.